The number of thiazole rings is 1. The summed E-state index contributed by atoms with van der Waals surface area (Å²) in [5.41, 5.74) is 2.41. The lowest BCUT2D eigenvalue weighted by Crippen LogP contribution is -2.43. The standard InChI is InChI=1S/C36H26Cl2N2O4S2/c37-19-10-12-20(13-11-19)40-33(41)28-22-16-23(29(28)34(40)42)31-27(22)30(26-15-14-25(44-26)21-8-4-5-9-24(21)38)32-35(45-31)39(36(43)46-32)17-18-6-2-1-3-7-18/h1-15,22-23,27-31H,16-17H2/t22-,23+,27+,28+,29+,30+,31-/m0/s1. The molecule has 2 saturated carbocycles. The summed E-state index contributed by atoms with van der Waals surface area (Å²) in [5.74, 6) is 0.161. The second-order valence-corrected chi connectivity index (χ2v) is 15.5. The fourth-order valence-corrected chi connectivity index (χ4v) is 12.0. The Morgan fingerprint density at radius 3 is 2.28 bits per heavy atom. The molecule has 0 unspecified atom stereocenters. The highest BCUT2D eigenvalue weighted by molar-refractivity contribution is 8.00. The Bertz CT molecular complexity index is 2090. The molecule has 1 saturated heterocycles. The zero-order valence-electron chi connectivity index (χ0n) is 24.2. The van der Waals surface area contributed by atoms with E-state index in [1.165, 1.54) is 16.2 Å². The van der Waals surface area contributed by atoms with Gasteiger partial charge in [-0.3, -0.25) is 23.9 Å². The number of hydrogen-bond acceptors (Lipinski definition) is 6. The molecule has 0 radical (unpaired) electrons. The first-order valence-corrected chi connectivity index (χ1v) is 17.8. The van der Waals surface area contributed by atoms with Gasteiger partial charge in [0, 0.05) is 15.8 Å². The molecular weight excluding hydrogens is 659 g/mol. The van der Waals surface area contributed by atoms with Gasteiger partial charge in [-0.05, 0) is 78.3 Å². The molecule has 230 valence electrons. The summed E-state index contributed by atoms with van der Waals surface area (Å²) in [6.07, 6.45) is 0.802. The summed E-state index contributed by atoms with van der Waals surface area (Å²) in [5, 5.41) is 2.14. The predicted octanol–water partition coefficient (Wildman–Crippen LogP) is 8.20. The summed E-state index contributed by atoms with van der Waals surface area (Å²) in [6.45, 7) is 0.466. The maximum absolute atomic E-state index is 14.1. The molecule has 4 aliphatic rings. The molecule has 2 amide bonds. The van der Waals surface area contributed by atoms with Crippen LogP contribution in [-0.2, 0) is 16.1 Å². The SMILES string of the molecule is O=C1[C@@H]2[C@H]3C[C@@H]([C@@H]4Sc5c(sc(=O)n5Cc5ccccc5)[C@H](c5ccc(-c6ccccc6Cl)o5)[C@@H]34)[C@H]2C(=O)N1c1ccc(Cl)cc1. The minimum Gasteiger partial charge on any atom is -0.460 e. The van der Waals surface area contributed by atoms with Crippen molar-refractivity contribution in [3.05, 3.63) is 127 Å². The largest absolute Gasteiger partial charge is 0.460 e. The van der Waals surface area contributed by atoms with Crippen molar-refractivity contribution < 1.29 is 14.0 Å². The molecule has 3 fully saturated rings. The fraction of sp³-hybridized carbons (Fsp3) is 0.250. The van der Waals surface area contributed by atoms with Crippen LogP contribution in [0.15, 0.2) is 105 Å². The summed E-state index contributed by atoms with van der Waals surface area (Å²) in [4.78, 5) is 44.1. The van der Waals surface area contributed by atoms with E-state index in [1.54, 1.807) is 36.0 Å². The number of imide groups is 1. The van der Waals surface area contributed by atoms with Crippen molar-refractivity contribution in [1.82, 2.24) is 4.57 Å². The second kappa shape index (κ2) is 10.7. The third-order valence-electron chi connectivity index (χ3n) is 10.3. The monoisotopic (exact) mass is 684 g/mol. The van der Waals surface area contributed by atoms with E-state index in [2.05, 4.69) is 0 Å². The zero-order chi connectivity index (χ0) is 31.3. The Morgan fingerprint density at radius 1 is 0.804 bits per heavy atom. The van der Waals surface area contributed by atoms with Crippen molar-refractivity contribution >= 4 is 63.8 Å². The molecule has 2 bridgehead atoms. The Labute approximate surface area is 282 Å². The second-order valence-electron chi connectivity index (χ2n) is 12.5. The van der Waals surface area contributed by atoms with Crippen LogP contribution >= 0.6 is 46.3 Å². The van der Waals surface area contributed by atoms with Gasteiger partial charge >= 0.3 is 4.87 Å². The topological polar surface area (TPSA) is 72.5 Å². The quantitative estimate of drug-likeness (QED) is 0.175. The maximum atomic E-state index is 14.1. The van der Waals surface area contributed by atoms with E-state index >= 15 is 0 Å². The molecule has 2 aliphatic heterocycles. The van der Waals surface area contributed by atoms with Gasteiger partial charge in [0.25, 0.3) is 0 Å². The van der Waals surface area contributed by atoms with Crippen LogP contribution in [-0.4, -0.2) is 21.6 Å². The van der Waals surface area contributed by atoms with Gasteiger partial charge in [0.1, 0.15) is 11.5 Å². The molecule has 3 aromatic carbocycles. The summed E-state index contributed by atoms with van der Waals surface area (Å²) < 4.78 is 8.50. The average Bonchev–Trinajstić information content (AvgIpc) is 3.87. The van der Waals surface area contributed by atoms with Gasteiger partial charge in [-0.15, -0.1) is 11.8 Å². The molecule has 5 aromatic rings. The number of amides is 2. The van der Waals surface area contributed by atoms with Gasteiger partial charge in [-0.25, -0.2) is 0 Å². The first-order valence-electron chi connectivity index (χ1n) is 15.3. The molecule has 6 nitrogen and oxygen atoms in total. The van der Waals surface area contributed by atoms with Crippen molar-refractivity contribution in [3.63, 3.8) is 0 Å². The number of nitrogens with zero attached hydrogens (tertiary/aromatic N) is 2. The van der Waals surface area contributed by atoms with Gasteiger partial charge in [0.05, 0.1) is 44.9 Å². The molecule has 9 rings (SSSR count). The smallest absolute Gasteiger partial charge is 0.308 e. The van der Waals surface area contributed by atoms with E-state index in [0.29, 0.717) is 28.0 Å². The highest BCUT2D eigenvalue weighted by Gasteiger charge is 2.70. The normalized spacial score (nSPS) is 27.6. The van der Waals surface area contributed by atoms with Crippen LogP contribution in [0.25, 0.3) is 11.3 Å². The van der Waals surface area contributed by atoms with Crippen molar-refractivity contribution in [3.8, 4) is 11.3 Å². The molecule has 4 heterocycles. The highest BCUT2D eigenvalue weighted by Crippen LogP contribution is 2.69. The number of carbonyl (C=O) groups is 2. The number of rotatable bonds is 5. The van der Waals surface area contributed by atoms with Crippen molar-refractivity contribution in [1.29, 1.82) is 0 Å². The number of thioether (sulfide) groups is 1. The van der Waals surface area contributed by atoms with Gasteiger partial charge in [0.2, 0.25) is 11.8 Å². The number of hydrogen-bond donors (Lipinski definition) is 0. The summed E-state index contributed by atoms with van der Waals surface area (Å²) in [7, 11) is 0. The van der Waals surface area contributed by atoms with Crippen LogP contribution in [0.2, 0.25) is 10.0 Å². The Morgan fingerprint density at radius 2 is 1.52 bits per heavy atom. The van der Waals surface area contributed by atoms with Gasteiger partial charge in [-0.1, -0.05) is 77.0 Å². The molecule has 2 aliphatic carbocycles. The Kier molecular flexibility index (Phi) is 6.69. The molecule has 2 aromatic heterocycles. The zero-order valence-corrected chi connectivity index (χ0v) is 27.4. The minimum absolute atomic E-state index is 0.00702. The van der Waals surface area contributed by atoms with E-state index in [0.717, 1.165) is 33.2 Å². The Hall–Kier alpha value is -3.56. The summed E-state index contributed by atoms with van der Waals surface area (Å²) in [6, 6.07) is 28.4. The number of halogens is 2. The number of aromatic nitrogens is 1. The number of furan rings is 1. The molecule has 0 spiro atoms. The predicted molar refractivity (Wildman–Crippen MR) is 181 cm³/mol. The minimum atomic E-state index is -0.403. The van der Waals surface area contributed by atoms with E-state index in [1.807, 2.05) is 71.3 Å². The third kappa shape index (κ3) is 4.20. The first-order chi connectivity index (χ1) is 22.4. The van der Waals surface area contributed by atoms with E-state index in [4.69, 9.17) is 27.6 Å². The van der Waals surface area contributed by atoms with Crippen LogP contribution in [0.1, 0.15) is 28.5 Å². The third-order valence-corrected chi connectivity index (χ3v) is 13.7. The molecular formula is C36H26Cl2N2O4S2. The lowest BCUT2D eigenvalue weighted by atomic mass is 9.69. The lowest BCUT2D eigenvalue weighted by molar-refractivity contribution is -0.123. The van der Waals surface area contributed by atoms with Crippen LogP contribution in [0, 0.1) is 29.6 Å². The Balaban J connectivity index is 1.16. The first kappa shape index (κ1) is 28.6. The molecule has 46 heavy (non-hydrogen) atoms. The lowest BCUT2D eigenvalue weighted by Gasteiger charge is -2.42. The van der Waals surface area contributed by atoms with Crippen LogP contribution < -0.4 is 9.77 Å². The van der Waals surface area contributed by atoms with Gasteiger partial charge in [0.15, 0.2) is 0 Å². The number of carbonyl (C=O) groups excluding carboxylic acids is 2. The molecule has 10 heteroatoms. The van der Waals surface area contributed by atoms with Crippen LogP contribution in [0.4, 0.5) is 5.69 Å². The maximum Gasteiger partial charge on any atom is 0.308 e. The molecule has 7 atom stereocenters. The van der Waals surface area contributed by atoms with Gasteiger partial charge in [-0.2, -0.15) is 0 Å². The van der Waals surface area contributed by atoms with E-state index in [-0.39, 0.29) is 51.5 Å². The molecule has 0 N–H and O–H groups in total. The number of fused-ring (bicyclic) bond motifs is 9. The fourth-order valence-electron chi connectivity index (χ4n) is 8.51. The van der Waals surface area contributed by atoms with E-state index < -0.39 is 5.92 Å². The van der Waals surface area contributed by atoms with Gasteiger partial charge < -0.3 is 4.42 Å². The average molecular weight is 686 g/mol. The number of anilines is 1. The van der Waals surface area contributed by atoms with Crippen LogP contribution in [0.3, 0.4) is 0 Å². The van der Waals surface area contributed by atoms with E-state index in [9.17, 15) is 14.4 Å². The van der Waals surface area contributed by atoms with Crippen molar-refractivity contribution in [2.45, 2.75) is 29.2 Å². The number of benzene rings is 3. The highest BCUT2D eigenvalue weighted by atomic mass is 35.5. The van der Waals surface area contributed by atoms with Crippen molar-refractivity contribution in [2.24, 2.45) is 29.6 Å². The summed E-state index contributed by atoms with van der Waals surface area (Å²) >= 11 is 15.7. The van der Waals surface area contributed by atoms with Crippen LogP contribution in [0.5, 0.6) is 0 Å². The van der Waals surface area contributed by atoms with Crippen molar-refractivity contribution in [2.75, 3.05) is 4.90 Å².